The maximum atomic E-state index is 13.1. The van der Waals surface area contributed by atoms with Crippen LogP contribution in [-0.4, -0.2) is 43.2 Å². The number of aliphatic carboxylic acids is 1. The van der Waals surface area contributed by atoms with Crippen molar-refractivity contribution >= 4 is 23.1 Å². The van der Waals surface area contributed by atoms with E-state index in [2.05, 4.69) is 34.5 Å². The van der Waals surface area contributed by atoms with Crippen LogP contribution < -0.4 is 19.7 Å². The summed E-state index contributed by atoms with van der Waals surface area (Å²) in [6, 6.07) is 41.0. The highest BCUT2D eigenvalue weighted by Crippen LogP contribution is 2.23. The third-order valence-electron chi connectivity index (χ3n) is 7.69. The van der Waals surface area contributed by atoms with Gasteiger partial charge in [-0.3, -0.25) is 4.79 Å². The van der Waals surface area contributed by atoms with Crippen molar-refractivity contribution in [2.75, 3.05) is 30.5 Å². The van der Waals surface area contributed by atoms with Gasteiger partial charge in [0.2, 0.25) is 0 Å². The topological polar surface area (TPSA) is 88.1 Å². The zero-order valence-electron chi connectivity index (χ0n) is 25.8. The Kier molecular flexibility index (Phi) is 11.0. The molecule has 0 radical (unpaired) electrons. The average molecular weight is 615 g/mol. The number of carboxylic acids is 1. The Labute approximate surface area is 270 Å². The molecule has 0 heterocycles. The van der Waals surface area contributed by atoms with Gasteiger partial charge in [0.25, 0.3) is 0 Å². The van der Waals surface area contributed by atoms with Gasteiger partial charge in [-0.2, -0.15) is 0 Å². The Bertz CT molecular complexity index is 1690. The highest BCUT2D eigenvalue weighted by molar-refractivity contribution is 6.12. The predicted octanol–water partition coefficient (Wildman–Crippen LogP) is 7.51. The van der Waals surface area contributed by atoms with Gasteiger partial charge in [-0.1, -0.05) is 84.9 Å². The lowest BCUT2D eigenvalue weighted by atomic mass is 10.00. The van der Waals surface area contributed by atoms with Gasteiger partial charge in [-0.25, -0.2) is 4.79 Å². The normalized spacial score (nSPS) is 11.3. The number of para-hydroxylation sites is 2. The number of carbonyl (C=O) groups excluding carboxylic acids is 1. The van der Waals surface area contributed by atoms with Crippen LogP contribution in [0.1, 0.15) is 33.5 Å². The van der Waals surface area contributed by atoms with Gasteiger partial charge < -0.3 is 24.8 Å². The summed E-state index contributed by atoms with van der Waals surface area (Å²) < 4.78 is 11.3. The number of benzene rings is 5. The summed E-state index contributed by atoms with van der Waals surface area (Å²) in [7, 11) is 1.67. The SMILES string of the molecule is COc1ccc(CN(CCCOc2ccc(CC(Nc3ccccc3C(=O)c3ccccc3)C(=O)O)cc2)c2ccccc2)cc1. The van der Waals surface area contributed by atoms with Crippen LogP contribution >= 0.6 is 0 Å². The molecule has 0 aromatic heterocycles. The van der Waals surface area contributed by atoms with Crippen LogP contribution in [0.4, 0.5) is 11.4 Å². The fourth-order valence-corrected chi connectivity index (χ4v) is 5.23. The van der Waals surface area contributed by atoms with E-state index in [1.807, 2.05) is 60.7 Å². The first-order chi connectivity index (χ1) is 22.5. The van der Waals surface area contributed by atoms with Crippen LogP contribution in [0, 0.1) is 0 Å². The van der Waals surface area contributed by atoms with E-state index in [0.717, 1.165) is 42.3 Å². The third kappa shape index (κ3) is 8.76. The van der Waals surface area contributed by atoms with E-state index < -0.39 is 12.0 Å². The molecular weight excluding hydrogens is 576 g/mol. The summed E-state index contributed by atoms with van der Waals surface area (Å²) in [5.41, 5.74) is 4.65. The first-order valence-electron chi connectivity index (χ1n) is 15.3. The monoisotopic (exact) mass is 614 g/mol. The van der Waals surface area contributed by atoms with Gasteiger partial charge in [0.15, 0.2) is 5.78 Å². The molecule has 0 amide bonds. The number of carboxylic acid groups (broad SMARTS) is 1. The highest BCUT2D eigenvalue weighted by Gasteiger charge is 2.21. The summed E-state index contributed by atoms with van der Waals surface area (Å²) >= 11 is 0. The minimum atomic E-state index is -1.00. The molecule has 1 atom stereocenters. The van der Waals surface area contributed by atoms with E-state index in [4.69, 9.17) is 9.47 Å². The fourth-order valence-electron chi connectivity index (χ4n) is 5.23. The molecule has 1 unspecified atom stereocenters. The summed E-state index contributed by atoms with van der Waals surface area (Å²) in [4.78, 5) is 27.7. The third-order valence-corrected chi connectivity index (χ3v) is 7.69. The zero-order valence-corrected chi connectivity index (χ0v) is 25.8. The van der Waals surface area contributed by atoms with Crippen molar-refractivity contribution < 1.29 is 24.2 Å². The van der Waals surface area contributed by atoms with E-state index in [1.165, 1.54) is 5.56 Å². The van der Waals surface area contributed by atoms with Crippen molar-refractivity contribution in [3.63, 3.8) is 0 Å². The van der Waals surface area contributed by atoms with Crippen molar-refractivity contribution in [3.8, 4) is 11.5 Å². The molecule has 0 bridgehead atoms. The van der Waals surface area contributed by atoms with Gasteiger partial charge in [-0.15, -0.1) is 0 Å². The minimum Gasteiger partial charge on any atom is -0.497 e. The predicted molar refractivity (Wildman–Crippen MR) is 182 cm³/mol. The summed E-state index contributed by atoms with van der Waals surface area (Å²) in [6.07, 6.45) is 1.06. The molecule has 234 valence electrons. The first-order valence-corrected chi connectivity index (χ1v) is 15.3. The number of hydrogen-bond acceptors (Lipinski definition) is 6. The minimum absolute atomic E-state index is 0.165. The Balaban J connectivity index is 1.16. The van der Waals surface area contributed by atoms with Gasteiger partial charge in [0, 0.05) is 42.0 Å². The molecule has 7 nitrogen and oxygen atoms in total. The molecule has 0 saturated carbocycles. The van der Waals surface area contributed by atoms with Crippen molar-refractivity contribution in [1.82, 2.24) is 0 Å². The van der Waals surface area contributed by atoms with E-state index >= 15 is 0 Å². The molecule has 2 N–H and O–H groups in total. The molecule has 5 aromatic rings. The van der Waals surface area contributed by atoms with E-state index in [1.54, 1.807) is 55.6 Å². The molecular formula is C39H38N2O5. The van der Waals surface area contributed by atoms with E-state index in [0.29, 0.717) is 23.4 Å². The zero-order chi connectivity index (χ0) is 32.1. The van der Waals surface area contributed by atoms with Crippen LogP contribution in [0.15, 0.2) is 133 Å². The molecule has 0 aliphatic heterocycles. The van der Waals surface area contributed by atoms with Crippen molar-refractivity contribution in [3.05, 3.63) is 156 Å². The van der Waals surface area contributed by atoms with Gasteiger partial charge in [0.05, 0.1) is 13.7 Å². The summed E-state index contributed by atoms with van der Waals surface area (Å²) in [5, 5.41) is 13.1. The van der Waals surface area contributed by atoms with Crippen LogP contribution in [0.5, 0.6) is 11.5 Å². The molecule has 5 aromatic carbocycles. The standard InChI is InChI=1S/C39H38N2O5/c1-45-33-21-19-30(20-22-33)28-41(32-13-6-3-7-14-32)25-10-26-46-34-23-17-29(18-24-34)27-37(39(43)44)40-36-16-9-8-15-35(36)38(42)31-11-4-2-5-12-31/h2-9,11-24,37,40H,10,25-28H2,1H3,(H,43,44). The second-order valence-corrected chi connectivity index (χ2v) is 10.9. The highest BCUT2D eigenvalue weighted by atomic mass is 16.5. The second-order valence-electron chi connectivity index (χ2n) is 10.9. The second kappa shape index (κ2) is 16.0. The summed E-state index contributed by atoms with van der Waals surface area (Å²) in [5.74, 6) is 0.399. The maximum absolute atomic E-state index is 13.1. The lowest BCUT2D eigenvalue weighted by molar-refractivity contribution is -0.137. The number of ether oxygens (including phenoxy) is 2. The number of hydrogen-bond donors (Lipinski definition) is 2. The van der Waals surface area contributed by atoms with Crippen LogP contribution in [-0.2, 0) is 17.8 Å². The largest absolute Gasteiger partial charge is 0.497 e. The Hall–Kier alpha value is -5.56. The Morgan fingerprint density at radius 3 is 2.02 bits per heavy atom. The molecule has 0 fully saturated rings. The first kappa shape index (κ1) is 31.9. The van der Waals surface area contributed by atoms with E-state index in [-0.39, 0.29) is 12.2 Å². The van der Waals surface area contributed by atoms with Crippen LogP contribution in [0.25, 0.3) is 0 Å². The molecule has 46 heavy (non-hydrogen) atoms. The van der Waals surface area contributed by atoms with Crippen LogP contribution in [0.2, 0.25) is 0 Å². The number of nitrogens with one attached hydrogen (secondary N) is 1. The quantitative estimate of drug-likeness (QED) is 0.0879. The lowest BCUT2D eigenvalue weighted by Crippen LogP contribution is -2.32. The number of rotatable bonds is 16. The van der Waals surface area contributed by atoms with Gasteiger partial charge in [-0.05, 0) is 66.1 Å². The van der Waals surface area contributed by atoms with Gasteiger partial charge in [0.1, 0.15) is 17.5 Å². The lowest BCUT2D eigenvalue weighted by Gasteiger charge is -2.25. The number of carbonyl (C=O) groups is 2. The number of methoxy groups -OCH3 is 1. The van der Waals surface area contributed by atoms with E-state index in [9.17, 15) is 14.7 Å². The Morgan fingerprint density at radius 1 is 0.739 bits per heavy atom. The maximum Gasteiger partial charge on any atom is 0.326 e. The number of ketones is 1. The molecule has 0 spiro atoms. The fraction of sp³-hybridized carbons (Fsp3) is 0.179. The molecule has 0 aliphatic carbocycles. The average Bonchev–Trinajstić information content (AvgIpc) is 3.11. The van der Waals surface area contributed by atoms with Gasteiger partial charge >= 0.3 is 5.97 Å². The van der Waals surface area contributed by atoms with Crippen molar-refractivity contribution in [2.45, 2.75) is 25.4 Å². The number of nitrogens with zero attached hydrogens (tertiary/aromatic N) is 1. The Morgan fingerprint density at radius 2 is 1.35 bits per heavy atom. The molecule has 0 aliphatic rings. The van der Waals surface area contributed by atoms with Crippen molar-refractivity contribution in [1.29, 1.82) is 0 Å². The smallest absolute Gasteiger partial charge is 0.326 e. The van der Waals surface area contributed by atoms with Crippen molar-refractivity contribution in [2.24, 2.45) is 0 Å². The summed E-state index contributed by atoms with van der Waals surface area (Å²) in [6.45, 7) is 2.12. The molecule has 7 heteroatoms. The van der Waals surface area contributed by atoms with Crippen LogP contribution in [0.3, 0.4) is 0 Å². The molecule has 5 rings (SSSR count). The molecule has 0 saturated heterocycles. The number of anilines is 2.